The first kappa shape index (κ1) is 34.1. The Morgan fingerprint density at radius 1 is 0.907 bits per heavy atom. The first-order valence-electron chi connectivity index (χ1n) is 14.4. The van der Waals surface area contributed by atoms with Gasteiger partial charge in [0.15, 0.2) is 18.5 Å². The lowest BCUT2D eigenvalue weighted by atomic mass is 10.00. The topological polar surface area (TPSA) is 157 Å². The summed E-state index contributed by atoms with van der Waals surface area (Å²) in [4.78, 5) is 37.4. The van der Waals surface area contributed by atoms with Gasteiger partial charge in [-0.05, 0) is 49.4 Å². The van der Waals surface area contributed by atoms with E-state index < -0.39 is 24.1 Å². The van der Waals surface area contributed by atoms with Crippen LogP contribution in [0, 0.1) is 12.7 Å². The number of amides is 1. The summed E-state index contributed by atoms with van der Waals surface area (Å²) in [5.74, 6) is -3.66. The quantitative estimate of drug-likeness (QED) is 0.300. The zero-order valence-corrected chi connectivity index (χ0v) is 24.3. The largest absolute Gasteiger partial charge is 0.479 e. The molecule has 0 aromatic heterocycles. The highest BCUT2D eigenvalue weighted by Crippen LogP contribution is 2.22. The highest BCUT2D eigenvalue weighted by Gasteiger charge is 2.30. The summed E-state index contributed by atoms with van der Waals surface area (Å²) < 4.78 is 24.7. The number of aliphatic hydroxyl groups excluding tert-OH is 2. The molecule has 1 amide bonds. The maximum atomic E-state index is 13.4. The second-order valence-corrected chi connectivity index (χ2v) is 10.8. The van der Waals surface area contributed by atoms with Gasteiger partial charge in [-0.2, -0.15) is 0 Å². The third kappa shape index (κ3) is 11.3. The zero-order valence-electron chi connectivity index (χ0n) is 24.3. The molecule has 12 heteroatoms. The van der Waals surface area contributed by atoms with Crippen molar-refractivity contribution in [1.29, 1.82) is 0 Å². The molecule has 0 bridgehead atoms. The van der Waals surface area contributed by atoms with Gasteiger partial charge in [-0.25, -0.2) is 14.0 Å². The minimum atomic E-state index is -2.27. The van der Waals surface area contributed by atoms with Gasteiger partial charge in [0.05, 0.1) is 19.6 Å². The Labute approximate surface area is 250 Å². The fourth-order valence-corrected chi connectivity index (χ4v) is 4.91. The van der Waals surface area contributed by atoms with Gasteiger partial charge < -0.3 is 39.7 Å². The molecule has 0 saturated carbocycles. The Bertz CT molecular complexity index is 1150. The smallest absolute Gasteiger partial charge is 0.335 e. The van der Waals surface area contributed by atoms with Crippen molar-refractivity contribution in [2.75, 3.05) is 32.8 Å². The van der Waals surface area contributed by atoms with Crippen LogP contribution >= 0.6 is 0 Å². The second-order valence-electron chi connectivity index (χ2n) is 10.8. The molecule has 2 aliphatic rings. The van der Waals surface area contributed by atoms with Crippen LogP contribution in [0.15, 0.2) is 48.5 Å². The molecule has 2 fully saturated rings. The number of benzene rings is 2. The number of carbonyl (C=O) groups excluding carboxylic acids is 1. The number of rotatable bonds is 11. The summed E-state index contributed by atoms with van der Waals surface area (Å²) in [6.45, 7) is 6.99. The molecule has 236 valence electrons. The molecule has 2 saturated heterocycles. The number of hydrogen-bond donors (Lipinski definition) is 4. The summed E-state index contributed by atoms with van der Waals surface area (Å²) in [5, 5.41) is 32.5. The number of hydrogen-bond acceptors (Lipinski definition) is 8. The Morgan fingerprint density at radius 3 is 1.98 bits per heavy atom. The van der Waals surface area contributed by atoms with Gasteiger partial charge in [-0.1, -0.05) is 42.0 Å². The van der Waals surface area contributed by atoms with Crippen molar-refractivity contribution in [2.45, 2.75) is 70.1 Å². The number of aryl methyl sites for hydroxylation is 1. The highest BCUT2D eigenvalue weighted by molar-refractivity contribution is 5.83. The van der Waals surface area contributed by atoms with Crippen molar-refractivity contribution < 1.29 is 48.7 Å². The predicted octanol–water partition coefficient (Wildman–Crippen LogP) is 2.20. The van der Waals surface area contributed by atoms with Gasteiger partial charge in [0.25, 0.3) is 0 Å². The van der Waals surface area contributed by atoms with E-state index in [9.17, 15) is 18.8 Å². The maximum Gasteiger partial charge on any atom is 0.335 e. The van der Waals surface area contributed by atoms with E-state index in [0.717, 1.165) is 69.7 Å². The number of ether oxygens (including phenoxy) is 2. The van der Waals surface area contributed by atoms with E-state index in [-0.39, 0.29) is 24.1 Å². The zero-order chi connectivity index (χ0) is 31.4. The summed E-state index contributed by atoms with van der Waals surface area (Å²) in [6.07, 6.45) is -0.491. The molecule has 2 aromatic carbocycles. The lowest BCUT2D eigenvalue weighted by Crippen LogP contribution is -2.48. The number of nitrogens with zero attached hydrogens (tertiary/aromatic N) is 2. The van der Waals surface area contributed by atoms with E-state index in [1.165, 1.54) is 17.7 Å². The van der Waals surface area contributed by atoms with Gasteiger partial charge in [0.1, 0.15) is 5.82 Å². The standard InChI is InChI=1S/C27H35FN2O3.C4H6O6/c1-21-3-5-22(6-4-21)19-26(31)30(20-23-7-9-24(28)10-8-23)25-11-14-29(15-12-25)16-13-27-32-17-2-18-33-27;5-1(3(7)8)2(6)4(9)10/h3-10,25,27H,2,11-20H2,1H3;1-2,5-6H,(H,7,8)(H,9,10). The number of halogens is 1. The predicted molar refractivity (Wildman–Crippen MR) is 154 cm³/mol. The fourth-order valence-electron chi connectivity index (χ4n) is 4.91. The molecule has 0 aliphatic carbocycles. The Balaban J connectivity index is 0.000000436. The van der Waals surface area contributed by atoms with Crippen molar-refractivity contribution in [3.05, 3.63) is 71.0 Å². The van der Waals surface area contributed by atoms with Crippen molar-refractivity contribution >= 4 is 17.8 Å². The van der Waals surface area contributed by atoms with Crippen LogP contribution in [0.3, 0.4) is 0 Å². The third-order valence-electron chi connectivity index (χ3n) is 7.44. The maximum absolute atomic E-state index is 13.4. The first-order valence-corrected chi connectivity index (χ1v) is 14.4. The molecule has 2 unspecified atom stereocenters. The summed E-state index contributed by atoms with van der Waals surface area (Å²) in [6, 6.07) is 14.8. The van der Waals surface area contributed by atoms with Crippen LogP contribution in [-0.2, 0) is 36.8 Å². The minimum absolute atomic E-state index is 0.0810. The second kappa shape index (κ2) is 17.0. The fraction of sp³-hybridized carbons (Fsp3) is 0.516. The summed E-state index contributed by atoms with van der Waals surface area (Å²) in [7, 11) is 0. The van der Waals surface area contributed by atoms with Gasteiger partial charge in [-0.3, -0.25) is 4.79 Å². The minimum Gasteiger partial charge on any atom is -0.479 e. The van der Waals surface area contributed by atoms with Crippen LogP contribution in [0.4, 0.5) is 4.39 Å². The van der Waals surface area contributed by atoms with Crippen LogP contribution in [0.1, 0.15) is 42.4 Å². The Morgan fingerprint density at radius 2 is 1.44 bits per heavy atom. The van der Waals surface area contributed by atoms with Crippen LogP contribution in [0.25, 0.3) is 0 Å². The van der Waals surface area contributed by atoms with E-state index in [1.54, 1.807) is 12.1 Å². The normalized spacial score (nSPS) is 17.8. The number of aliphatic carboxylic acids is 2. The van der Waals surface area contributed by atoms with Crippen LogP contribution in [-0.4, -0.2) is 105 Å². The molecule has 43 heavy (non-hydrogen) atoms. The number of aliphatic hydroxyl groups is 2. The van der Waals surface area contributed by atoms with Crippen molar-refractivity contribution in [1.82, 2.24) is 9.80 Å². The molecule has 4 rings (SSSR count). The molecular weight excluding hydrogens is 563 g/mol. The van der Waals surface area contributed by atoms with Crippen LogP contribution in [0.5, 0.6) is 0 Å². The van der Waals surface area contributed by atoms with E-state index in [0.29, 0.717) is 13.0 Å². The van der Waals surface area contributed by atoms with E-state index >= 15 is 0 Å². The van der Waals surface area contributed by atoms with Gasteiger partial charge in [0.2, 0.25) is 5.91 Å². The molecule has 2 heterocycles. The average Bonchev–Trinajstić information content (AvgIpc) is 3.01. The number of likely N-dealkylation sites (tertiary alicyclic amines) is 1. The lowest BCUT2D eigenvalue weighted by molar-refractivity contribution is -0.183. The number of carboxylic acid groups (broad SMARTS) is 2. The Hall–Kier alpha value is -3.42. The number of carbonyl (C=O) groups is 3. The summed E-state index contributed by atoms with van der Waals surface area (Å²) >= 11 is 0. The number of carboxylic acids is 2. The number of piperidine rings is 1. The third-order valence-corrected chi connectivity index (χ3v) is 7.44. The van der Waals surface area contributed by atoms with Gasteiger partial charge in [-0.15, -0.1) is 0 Å². The van der Waals surface area contributed by atoms with Crippen LogP contribution in [0.2, 0.25) is 0 Å². The van der Waals surface area contributed by atoms with E-state index in [2.05, 4.69) is 4.90 Å². The molecule has 4 N–H and O–H groups in total. The summed E-state index contributed by atoms with van der Waals surface area (Å²) in [5.41, 5.74) is 3.17. The van der Waals surface area contributed by atoms with Gasteiger partial charge in [0, 0.05) is 38.6 Å². The molecule has 11 nitrogen and oxygen atoms in total. The lowest BCUT2D eigenvalue weighted by Gasteiger charge is -2.39. The molecule has 2 atom stereocenters. The van der Waals surface area contributed by atoms with Crippen molar-refractivity contribution in [3.8, 4) is 0 Å². The molecule has 2 aromatic rings. The first-order chi connectivity index (χ1) is 20.5. The van der Waals surface area contributed by atoms with Gasteiger partial charge >= 0.3 is 11.9 Å². The Kier molecular flexibility index (Phi) is 13.5. The van der Waals surface area contributed by atoms with E-state index in [1.807, 2.05) is 36.1 Å². The SMILES string of the molecule is Cc1ccc(CC(=O)N(Cc2ccc(F)cc2)C2CCN(CCC3OCCCO3)CC2)cc1.O=C(O)C(O)C(O)C(=O)O. The molecule has 0 spiro atoms. The molecular formula is C31H41FN2O9. The monoisotopic (exact) mass is 604 g/mol. The highest BCUT2D eigenvalue weighted by atomic mass is 19.1. The van der Waals surface area contributed by atoms with Crippen molar-refractivity contribution in [2.24, 2.45) is 0 Å². The average molecular weight is 605 g/mol. The van der Waals surface area contributed by atoms with Crippen LogP contribution < -0.4 is 0 Å². The van der Waals surface area contributed by atoms with E-state index in [4.69, 9.17) is 29.9 Å². The molecule has 0 radical (unpaired) electrons. The van der Waals surface area contributed by atoms with Crippen molar-refractivity contribution in [3.63, 3.8) is 0 Å². The molecule has 2 aliphatic heterocycles.